The Labute approximate surface area is 95.2 Å². The average molecular weight is 275 g/mol. The minimum Gasteiger partial charge on any atom is -0.335 e. The highest BCUT2D eigenvalue weighted by atomic mass is 79.9. The van der Waals surface area contributed by atoms with E-state index < -0.39 is 0 Å². The van der Waals surface area contributed by atoms with Crippen LogP contribution in [0.15, 0.2) is 15.9 Å². The van der Waals surface area contributed by atoms with E-state index in [4.69, 9.17) is 0 Å². The first-order valence-corrected chi connectivity index (χ1v) is 6.18. The van der Waals surface area contributed by atoms with Crippen LogP contribution in [0.5, 0.6) is 0 Å². The van der Waals surface area contributed by atoms with Crippen LogP contribution < -0.4 is 5.32 Å². The van der Waals surface area contributed by atoms with Crippen molar-refractivity contribution in [1.29, 1.82) is 0 Å². The van der Waals surface area contributed by atoms with Gasteiger partial charge in [-0.3, -0.25) is 4.79 Å². The van der Waals surface area contributed by atoms with Gasteiger partial charge in [0.15, 0.2) is 0 Å². The molecule has 0 radical (unpaired) electrons. The van der Waals surface area contributed by atoms with Crippen LogP contribution in [0.4, 0.5) is 0 Å². The van der Waals surface area contributed by atoms with E-state index in [9.17, 15) is 4.79 Å². The number of amides is 1. The highest BCUT2D eigenvalue weighted by Crippen LogP contribution is 2.21. The average Bonchev–Trinajstić information content (AvgIpc) is 2.65. The summed E-state index contributed by atoms with van der Waals surface area (Å²) >= 11 is 4.84. The van der Waals surface area contributed by atoms with Crippen LogP contribution in [0.2, 0.25) is 0 Å². The highest BCUT2D eigenvalue weighted by Gasteiger charge is 2.18. The molecule has 14 heavy (non-hydrogen) atoms. The van der Waals surface area contributed by atoms with E-state index in [1.165, 1.54) is 11.3 Å². The third-order valence-corrected chi connectivity index (χ3v) is 3.86. The van der Waals surface area contributed by atoms with Crippen molar-refractivity contribution in [2.24, 2.45) is 0 Å². The summed E-state index contributed by atoms with van der Waals surface area (Å²) in [5, 5.41) is 5.17. The smallest absolute Gasteiger partial charge is 0.264 e. The van der Waals surface area contributed by atoms with Crippen LogP contribution in [0.3, 0.4) is 0 Å². The van der Waals surface area contributed by atoms with Gasteiger partial charge < -0.3 is 10.2 Å². The molecule has 0 spiro atoms. The molecule has 0 unspecified atom stereocenters. The van der Waals surface area contributed by atoms with Crippen LogP contribution in [-0.4, -0.2) is 37.0 Å². The van der Waals surface area contributed by atoms with Crippen molar-refractivity contribution in [3.05, 3.63) is 20.8 Å². The minimum atomic E-state index is 0.155. The van der Waals surface area contributed by atoms with Gasteiger partial charge in [-0.25, -0.2) is 0 Å². The maximum Gasteiger partial charge on any atom is 0.264 e. The van der Waals surface area contributed by atoms with E-state index in [0.717, 1.165) is 35.5 Å². The van der Waals surface area contributed by atoms with Crippen LogP contribution in [0.1, 0.15) is 9.67 Å². The first kappa shape index (κ1) is 10.1. The summed E-state index contributed by atoms with van der Waals surface area (Å²) < 4.78 is 0.987. The lowest BCUT2D eigenvalue weighted by atomic mass is 10.3. The first-order chi connectivity index (χ1) is 6.77. The van der Waals surface area contributed by atoms with E-state index in [2.05, 4.69) is 21.2 Å². The van der Waals surface area contributed by atoms with Crippen molar-refractivity contribution in [3.63, 3.8) is 0 Å². The topological polar surface area (TPSA) is 32.3 Å². The Balaban J connectivity index is 2.07. The van der Waals surface area contributed by atoms with Crippen LogP contribution >= 0.6 is 27.3 Å². The summed E-state index contributed by atoms with van der Waals surface area (Å²) in [6.07, 6.45) is 0. The van der Waals surface area contributed by atoms with Gasteiger partial charge in [0.25, 0.3) is 5.91 Å². The normalized spacial score (nSPS) is 17.1. The number of rotatable bonds is 1. The van der Waals surface area contributed by atoms with Crippen molar-refractivity contribution in [2.75, 3.05) is 26.2 Å². The van der Waals surface area contributed by atoms with Gasteiger partial charge in [0, 0.05) is 36.0 Å². The van der Waals surface area contributed by atoms with Crippen molar-refractivity contribution in [2.45, 2.75) is 0 Å². The zero-order valence-electron chi connectivity index (χ0n) is 7.62. The Hall–Kier alpha value is -0.390. The van der Waals surface area contributed by atoms with Crippen LogP contribution in [0, 0.1) is 0 Å². The first-order valence-electron chi connectivity index (χ1n) is 4.51. The van der Waals surface area contributed by atoms with E-state index >= 15 is 0 Å². The van der Waals surface area contributed by atoms with Gasteiger partial charge in [-0.1, -0.05) is 0 Å². The fraction of sp³-hybridized carbons (Fsp3) is 0.444. The van der Waals surface area contributed by atoms with Crippen molar-refractivity contribution in [3.8, 4) is 0 Å². The van der Waals surface area contributed by atoms with E-state index in [-0.39, 0.29) is 5.91 Å². The second kappa shape index (κ2) is 4.42. The van der Waals surface area contributed by atoms with Crippen molar-refractivity contribution >= 4 is 33.2 Å². The molecule has 1 aromatic heterocycles. The third kappa shape index (κ3) is 2.16. The fourth-order valence-electron chi connectivity index (χ4n) is 1.45. The summed E-state index contributed by atoms with van der Waals surface area (Å²) in [4.78, 5) is 14.6. The summed E-state index contributed by atoms with van der Waals surface area (Å²) in [5.74, 6) is 0.155. The number of hydrogen-bond acceptors (Lipinski definition) is 3. The molecule has 5 heteroatoms. The number of nitrogens with zero attached hydrogens (tertiary/aromatic N) is 1. The van der Waals surface area contributed by atoms with E-state index in [1.54, 1.807) is 0 Å². The lowest BCUT2D eigenvalue weighted by molar-refractivity contribution is 0.0740. The monoisotopic (exact) mass is 274 g/mol. The molecule has 3 nitrogen and oxygen atoms in total. The molecule has 0 saturated carbocycles. The Bertz CT molecular complexity index is 333. The molecule has 2 rings (SSSR count). The number of nitrogens with one attached hydrogen (secondary N) is 1. The second-order valence-corrected chi connectivity index (χ2v) is 5.00. The maximum atomic E-state index is 11.9. The quantitative estimate of drug-likeness (QED) is 0.843. The zero-order valence-corrected chi connectivity index (χ0v) is 10.0. The highest BCUT2D eigenvalue weighted by molar-refractivity contribution is 9.10. The lowest BCUT2D eigenvalue weighted by Crippen LogP contribution is -2.46. The SMILES string of the molecule is O=C(c1cc(Br)cs1)N1CCNCC1. The molecule has 0 aromatic carbocycles. The molecule has 0 atom stereocenters. The van der Waals surface area contributed by atoms with Crippen LogP contribution in [0.25, 0.3) is 0 Å². The van der Waals surface area contributed by atoms with E-state index in [0.29, 0.717) is 0 Å². The van der Waals surface area contributed by atoms with Crippen molar-refractivity contribution < 1.29 is 4.79 Å². The number of carbonyl (C=O) groups excluding carboxylic acids is 1. The summed E-state index contributed by atoms with van der Waals surface area (Å²) in [6, 6.07) is 1.88. The van der Waals surface area contributed by atoms with Gasteiger partial charge in [-0.05, 0) is 22.0 Å². The predicted molar refractivity (Wildman–Crippen MR) is 60.8 cm³/mol. The fourth-order valence-corrected chi connectivity index (χ4v) is 2.84. The van der Waals surface area contributed by atoms with Gasteiger partial charge in [0.2, 0.25) is 0 Å². The Kier molecular flexibility index (Phi) is 3.20. The number of thiophene rings is 1. The lowest BCUT2D eigenvalue weighted by Gasteiger charge is -2.26. The molecule has 2 heterocycles. The molecular weight excluding hydrogens is 264 g/mol. The number of hydrogen-bond donors (Lipinski definition) is 1. The van der Waals surface area contributed by atoms with Crippen molar-refractivity contribution in [1.82, 2.24) is 10.2 Å². The Morgan fingerprint density at radius 2 is 2.21 bits per heavy atom. The largest absolute Gasteiger partial charge is 0.335 e. The molecule has 1 saturated heterocycles. The molecule has 1 aliphatic rings. The predicted octanol–water partition coefficient (Wildman–Crippen LogP) is 1.56. The maximum absolute atomic E-state index is 11.9. The van der Waals surface area contributed by atoms with Gasteiger partial charge in [-0.2, -0.15) is 0 Å². The second-order valence-electron chi connectivity index (χ2n) is 3.17. The number of piperazine rings is 1. The van der Waals surface area contributed by atoms with Gasteiger partial charge in [0.1, 0.15) is 0 Å². The minimum absolute atomic E-state index is 0.155. The summed E-state index contributed by atoms with van der Waals surface area (Å²) in [6.45, 7) is 3.43. The molecule has 76 valence electrons. The van der Waals surface area contributed by atoms with Gasteiger partial charge in [0.05, 0.1) is 4.88 Å². The Morgan fingerprint density at radius 1 is 1.50 bits per heavy atom. The van der Waals surface area contributed by atoms with Crippen LogP contribution in [-0.2, 0) is 0 Å². The standard InChI is InChI=1S/C9H11BrN2OS/c10-7-5-8(14-6-7)9(13)12-3-1-11-2-4-12/h5-6,11H,1-4H2. The van der Waals surface area contributed by atoms with Gasteiger partial charge in [-0.15, -0.1) is 11.3 Å². The molecular formula is C9H11BrN2OS. The summed E-state index contributed by atoms with van der Waals surface area (Å²) in [5.41, 5.74) is 0. The summed E-state index contributed by atoms with van der Waals surface area (Å²) in [7, 11) is 0. The van der Waals surface area contributed by atoms with E-state index in [1.807, 2.05) is 16.3 Å². The molecule has 1 aliphatic heterocycles. The molecule has 1 fully saturated rings. The molecule has 1 aromatic rings. The van der Waals surface area contributed by atoms with Gasteiger partial charge >= 0.3 is 0 Å². The Morgan fingerprint density at radius 3 is 2.79 bits per heavy atom. The molecule has 0 aliphatic carbocycles. The zero-order chi connectivity index (χ0) is 9.97. The third-order valence-electron chi connectivity index (χ3n) is 2.18. The number of carbonyl (C=O) groups is 1. The molecule has 0 bridgehead atoms. The molecule has 1 amide bonds. The molecule has 1 N–H and O–H groups in total. The number of halogens is 1.